The molecule has 1 aromatic carbocycles. The van der Waals surface area contributed by atoms with Gasteiger partial charge >= 0.3 is 0 Å². The number of ether oxygens (including phenoxy) is 2. The average molecular weight is 369 g/mol. The molecule has 1 saturated heterocycles. The molecule has 2 N–H and O–H groups in total. The molecular weight excluding hydrogens is 340 g/mol. The molecule has 6 nitrogen and oxygen atoms in total. The van der Waals surface area contributed by atoms with Gasteiger partial charge in [-0.25, -0.2) is 0 Å². The van der Waals surface area contributed by atoms with E-state index in [2.05, 4.69) is 34.4 Å². The maximum atomic E-state index is 6.01. The van der Waals surface area contributed by atoms with Gasteiger partial charge in [-0.05, 0) is 26.0 Å². The molecule has 1 fully saturated rings. The fourth-order valence-corrected chi connectivity index (χ4v) is 3.01. The van der Waals surface area contributed by atoms with Crippen molar-refractivity contribution in [3.05, 3.63) is 28.8 Å². The SMILES string of the molecule is CN=C(NCc1ccc(Cl)cc1OC)NCC(C)(C)N1CCOCC1. The summed E-state index contributed by atoms with van der Waals surface area (Å²) in [5, 5.41) is 7.41. The lowest BCUT2D eigenvalue weighted by Gasteiger charge is -2.41. The standard InChI is InChI=1S/C18H29ClN4O2/c1-18(2,23-7-9-25-10-8-23)13-22-17(20-3)21-12-14-5-6-15(19)11-16(14)24-4/h5-6,11H,7-10,12-13H2,1-4H3,(H2,20,21,22). The zero-order valence-corrected chi connectivity index (χ0v) is 16.3. The molecule has 0 spiro atoms. The molecule has 7 heteroatoms. The highest BCUT2D eigenvalue weighted by molar-refractivity contribution is 6.30. The van der Waals surface area contributed by atoms with Crippen LogP contribution in [-0.4, -0.2) is 63.4 Å². The summed E-state index contributed by atoms with van der Waals surface area (Å²) >= 11 is 6.01. The normalized spacial score (nSPS) is 16.6. The molecule has 0 radical (unpaired) electrons. The number of nitrogens with zero attached hydrogens (tertiary/aromatic N) is 2. The van der Waals surface area contributed by atoms with Crippen molar-refractivity contribution in [1.29, 1.82) is 0 Å². The monoisotopic (exact) mass is 368 g/mol. The fourth-order valence-electron chi connectivity index (χ4n) is 2.84. The summed E-state index contributed by atoms with van der Waals surface area (Å²) in [6, 6.07) is 5.63. The number of halogens is 1. The first-order valence-corrected chi connectivity index (χ1v) is 8.94. The Morgan fingerprint density at radius 1 is 1.32 bits per heavy atom. The Hall–Kier alpha value is -1.50. The maximum Gasteiger partial charge on any atom is 0.191 e. The van der Waals surface area contributed by atoms with E-state index in [1.807, 2.05) is 18.2 Å². The lowest BCUT2D eigenvalue weighted by atomic mass is 10.0. The third-order valence-electron chi connectivity index (χ3n) is 4.47. The first-order valence-electron chi connectivity index (χ1n) is 8.56. The van der Waals surface area contributed by atoms with Gasteiger partial charge in [0.15, 0.2) is 5.96 Å². The number of nitrogens with one attached hydrogen (secondary N) is 2. The van der Waals surface area contributed by atoms with Gasteiger partial charge in [-0.3, -0.25) is 9.89 Å². The maximum absolute atomic E-state index is 6.01. The number of rotatable bonds is 6. The molecule has 1 aliphatic heterocycles. The van der Waals surface area contributed by atoms with E-state index in [4.69, 9.17) is 21.1 Å². The van der Waals surface area contributed by atoms with E-state index in [1.165, 1.54) is 0 Å². The Morgan fingerprint density at radius 2 is 2.04 bits per heavy atom. The van der Waals surface area contributed by atoms with Crippen LogP contribution in [0.25, 0.3) is 0 Å². The molecule has 0 amide bonds. The van der Waals surface area contributed by atoms with Crippen LogP contribution in [0.4, 0.5) is 0 Å². The molecule has 0 unspecified atom stereocenters. The minimum absolute atomic E-state index is 0.0271. The van der Waals surface area contributed by atoms with Crippen LogP contribution >= 0.6 is 11.6 Å². The quantitative estimate of drug-likeness (QED) is 0.595. The Labute approximate surface area is 155 Å². The highest BCUT2D eigenvalue weighted by Gasteiger charge is 2.28. The van der Waals surface area contributed by atoms with Gasteiger partial charge in [-0.15, -0.1) is 0 Å². The summed E-state index contributed by atoms with van der Waals surface area (Å²) in [6.45, 7) is 9.40. The molecule has 1 aromatic rings. The first kappa shape index (κ1) is 19.8. The van der Waals surface area contributed by atoms with Crippen LogP contribution in [0.3, 0.4) is 0 Å². The van der Waals surface area contributed by atoms with E-state index in [0.29, 0.717) is 11.6 Å². The van der Waals surface area contributed by atoms with Crippen LogP contribution in [0.5, 0.6) is 5.75 Å². The third-order valence-corrected chi connectivity index (χ3v) is 4.71. The van der Waals surface area contributed by atoms with Gasteiger partial charge in [0.05, 0.1) is 20.3 Å². The van der Waals surface area contributed by atoms with Gasteiger partial charge in [0.25, 0.3) is 0 Å². The third kappa shape index (κ3) is 5.76. The molecule has 1 heterocycles. The average Bonchev–Trinajstić information content (AvgIpc) is 2.63. The van der Waals surface area contributed by atoms with E-state index in [-0.39, 0.29) is 5.54 Å². The second-order valence-corrected chi connectivity index (χ2v) is 7.08. The first-order chi connectivity index (χ1) is 12.0. The zero-order chi connectivity index (χ0) is 18.3. The second kappa shape index (κ2) is 9.27. The van der Waals surface area contributed by atoms with Gasteiger partial charge in [0, 0.05) is 49.4 Å². The summed E-state index contributed by atoms with van der Waals surface area (Å²) in [5.41, 5.74) is 1.06. The summed E-state index contributed by atoms with van der Waals surface area (Å²) in [5.74, 6) is 1.53. The summed E-state index contributed by atoms with van der Waals surface area (Å²) in [4.78, 5) is 6.75. The van der Waals surface area contributed by atoms with Crippen molar-refractivity contribution in [1.82, 2.24) is 15.5 Å². The zero-order valence-electron chi connectivity index (χ0n) is 15.6. The number of methoxy groups -OCH3 is 1. The van der Waals surface area contributed by atoms with Crippen LogP contribution in [0.1, 0.15) is 19.4 Å². The molecule has 0 aromatic heterocycles. The largest absolute Gasteiger partial charge is 0.496 e. The van der Waals surface area contributed by atoms with Crippen LogP contribution in [-0.2, 0) is 11.3 Å². The van der Waals surface area contributed by atoms with Gasteiger partial charge in [0.2, 0.25) is 0 Å². The van der Waals surface area contributed by atoms with E-state index in [9.17, 15) is 0 Å². The van der Waals surface area contributed by atoms with Gasteiger partial charge in [-0.1, -0.05) is 17.7 Å². The van der Waals surface area contributed by atoms with Gasteiger partial charge in [-0.2, -0.15) is 0 Å². The van der Waals surface area contributed by atoms with Crippen molar-refractivity contribution in [2.75, 3.05) is 47.0 Å². The molecular formula is C18H29ClN4O2. The Bertz CT molecular complexity index is 586. The number of hydrogen-bond donors (Lipinski definition) is 2. The Kier molecular flexibility index (Phi) is 7.35. The van der Waals surface area contributed by atoms with E-state index in [1.54, 1.807) is 14.2 Å². The molecule has 1 aliphatic rings. The van der Waals surface area contributed by atoms with Crippen LogP contribution in [0, 0.1) is 0 Å². The highest BCUT2D eigenvalue weighted by atomic mass is 35.5. The number of hydrogen-bond acceptors (Lipinski definition) is 4. The topological polar surface area (TPSA) is 58.1 Å². The van der Waals surface area contributed by atoms with Crippen LogP contribution in [0.15, 0.2) is 23.2 Å². The number of aliphatic imine (C=N–C) groups is 1. The minimum Gasteiger partial charge on any atom is -0.496 e. The van der Waals surface area contributed by atoms with E-state index >= 15 is 0 Å². The van der Waals surface area contributed by atoms with Gasteiger partial charge < -0.3 is 20.1 Å². The molecule has 0 aliphatic carbocycles. The highest BCUT2D eigenvalue weighted by Crippen LogP contribution is 2.22. The Balaban J connectivity index is 1.88. The number of benzene rings is 1. The number of guanidine groups is 1. The van der Waals surface area contributed by atoms with Crippen molar-refractivity contribution in [3.63, 3.8) is 0 Å². The van der Waals surface area contributed by atoms with Gasteiger partial charge in [0.1, 0.15) is 5.75 Å². The summed E-state index contributed by atoms with van der Waals surface area (Å²) in [6.07, 6.45) is 0. The van der Waals surface area contributed by atoms with E-state index in [0.717, 1.165) is 50.1 Å². The predicted molar refractivity (Wildman–Crippen MR) is 103 cm³/mol. The predicted octanol–water partition coefficient (Wildman–Crippen LogP) is 2.12. The Morgan fingerprint density at radius 3 is 2.68 bits per heavy atom. The minimum atomic E-state index is 0.0271. The molecule has 0 atom stereocenters. The van der Waals surface area contributed by atoms with Crippen molar-refractivity contribution < 1.29 is 9.47 Å². The smallest absolute Gasteiger partial charge is 0.191 e. The molecule has 140 valence electrons. The second-order valence-electron chi connectivity index (χ2n) is 6.65. The lowest BCUT2D eigenvalue weighted by Crippen LogP contribution is -2.56. The molecule has 25 heavy (non-hydrogen) atoms. The summed E-state index contributed by atoms with van der Waals surface area (Å²) in [7, 11) is 3.42. The van der Waals surface area contributed by atoms with Crippen LogP contribution in [0.2, 0.25) is 5.02 Å². The van der Waals surface area contributed by atoms with Crippen molar-refractivity contribution >= 4 is 17.6 Å². The molecule has 0 saturated carbocycles. The molecule has 2 rings (SSSR count). The van der Waals surface area contributed by atoms with Crippen molar-refractivity contribution in [2.45, 2.75) is 25.9 Å². The van der Waals surface area contributed by atoms with E-state index < -0.39 is 0 Å². The van der Waals surface area contributed by atoms with Crippen molar-refractivity contribution in [2.24, 2.45) is 4.99 Å². The van der Waals surface area contributed by atoms with Crippen LogP contribution < -0.4 is 15.4 Å². The molecule has 0 bridgehead atoms. The van der Waals surface area contributed by atoms with Crippen molar-refractivity contribution in [3.8, 4) is 5.75 Å². The lowest BCUT2D eigenvalue weighted by molar-refractivity contribution is -0.00834. The fraction of sp³-hybridized carbons (Fsp3) is 0.611. The number of morpholine rings is 1. The summed E-state index contributed by atoms with van der Waals surface area (Å²) < 4.78 is 10.8.